The highest BCUT2D eigenvalue weighted by atomic mass is 32.2. The van der Waals surface area contributed by atoms with Gasteiger partial charge in [0.1, 0.15) is 16.4 Å². The van der Waals surface area contributed by atoms with Crippen LogP contribution in [0.4, 0.5) is 13.2 Å². The van der Waals surface area contributed by atoms with Crippen molar-refractivity contribution in [3.05, 3.63) is 0 Å². The maximum absolute atomic E-state index is 12.4. The summed E-state index contributed by atoms with van der Waals surface area (Å²) in [5, 5.41) is 0. The van der Waals surface area contributed by atoms with Crippen LogP contribution in [0.1, 0.15) is 20.3 Å². The molecule has 0 bridgehead atoms. The Hall–Kier alpha value is -0.830. The van der Waals surface area contributed by atoms with Gasteiger partial charge in [-0.3, -0.25) is 4.79 Å². The van der Waals surface area contributed by atoms with Crippen LogP contribution in [0.5, 0.6) is 0 Å². The van der Waals surface area contributed by atoms with Crippen molar-refractivity contribution < 1.29 is 26.4 Å². The molecule has 0 spiro atoms. The van der Waals surface area contributed by atoms with E-state index in [0.717, 1.165) is 6.26 Å². The van der Waals surface area contributed by atoms with Crippen LogP contribution in [0, 0.1) is 5.92 Å². The molecule has 1 atom stereocenters. The average molecular weight is 318 g/mol. The maximum Gasteiger partial charge on any atom is 0.406 e. The van der Waals surface area contributed by atoms with E-state index in [-0.39, 0.29) is 24.6 Å². The molecule has 20 heavy (non-hydrogen) atoms. The molecule has 0 aliphatic rings. The molecule has 1 unspecified atom stereocenters. The molecule has 0 saturated heterocycles. The van der Waals surface area contributed by atoms with E-state index in [4.69, 9.17) is 5.73 Å². The van der Waals surface area contributed by atoms with Crippen molar-refractivity contribution in [1.82, 2.24) is 4.90 Å². The second-order valence-corrected chi connectivity index (χ2v) is 7.51. The minimum Gasteiger partial charge on any atom is -0.332 e. The minimum atomic E-state index is -4.51. The van der Waals surface area contributed by atoms with Crippen molar-refractivity contribution in [2.45, 2.75) is 32.5 Å². The monoisotopic (exact) mass is 318 g/mol. The van der Waals surface area contributed by atoms with E-state index in [1.807, 2.05) is 0 Å². The fourth-order valence-corrected chi connectivity index (χ4v) is 2.27. The van der Waals surface area contributed by atoms with Crippen LogP contribution >= 0.6 is 0 Å². The maximum atomic E-state index is 12.4. The third kappa shape index (κ3) is 9.13. The fourth-order valence-electron chi connectivity index (χ4n) is 1.59. The predicted octanol–water partition coefficient (Wildman–Crippen LogP) is 0.795. The van der Waals surface area contributed by atoms with Gasteiger partial charge in [0.05, 0.1) is 11.8 Å². The lowest BCUT2D eigenvalue weighted by Crippen LogP contribution is -2.49. The summed E-state index contributed by atoms with van der Waals surface area (Å²) in [7, 11) is -3.31. The molecule has 0 aromatic heterocycles. The summed E-state index contributed by atoms with van der Waals surface area (Å²) in [4.78, 5) is 12.5. The Morgan fingerprint density at radius 1 is 1.30 bits per heavy atom. The molecular weight excluding hydrogens is 297 g/mol. The van der Waals surface area contributed by atoms with Crippen LogP contribution in [0.2, 0.25) is 0 Å². The molecule has 0 fully saturated rings. The molecule has 0 rings (SSSR count). The van der Waals surface area contributed by atoms with Gasteiger partial charge in [-0.2, -0.15) is 13.2 Å². The highest BCUT2D eigenvalue weighted by Crippen LogP contribution is 2.18. The molecule has 0 heterocycles. The Labute approximate surface area is 117 Å². The highest BCUT2D eigenvalue weighted by molar-refractivity contribution is 7.90. The Bertz CT molecular complexity index is 421. The third-order valence-electron chi connectivity index (χ3n) is 2.38. The lowest BCUT2D eigenvalue weighted by atomic mass is 10.1. The van der Waals surface area contributed by atoms with Crippen molar-refractivity contribution in [2.24, 2.45) is 11.7 Å². The summed E-state index contributed by atoms with van der Waals surface area (Å²) in [5.41, 5.74) is 5.50. The van der Waals surface area contributed by atoms with E-state index in [2.05, 4.69) is 0 Å². The van der Waals surface area contributed by atoms with Gasteiger partial charge in [-0.25, -0.2) is 8.42 Å². The van der Waals surface area contributed by atoms with E-state index < -0.39 is 34.5 Å². The fraction of sp³-hybridized carbons (Fsp3) is 0.909. The van der Waals surface area contributed by atoms with Crippen LogP contribution in [0.15, 0.2) is 0 Å². The number of nitrogens with two attached hydrogens (primary N) is 1. The standard InChI is InChI=1S/C11H21F3N2O3S/c1-8(2)6-16(7-11(12,13)14)10(17)9(15)4-5-20(3,18)19/h8-9H,4-7,15H2,1-3H3. The van der Waals surface area contributed by atoms with Crippen molar-refractivity contribution in [3.8, 4) is 0 Å². The normalized spacial score (nSPS) is 14.4. The predicted molar refractivity (Wildman–Crippen MR) is 69.8 cm³/mol. The van der Waals surface area contributed by atoms with Crippen LogP contribution in [-0.2, 0) is 14.6 Å². The summed E-state index contributed by atoms with van der Waals surface area (Å²) in [6.07, 6.45) is -3.73. The molecule has 0 aromatic carbocycles. The number of carbonyl (C=O) groups excluding carboxylic acids is 1. The number of nitrogens with zero attached hydrogens (tertiary/aromatic N) is 1. The van der Waals surface area contributed by atoms with E-state index in [9.17, 15) is 26.4 Å². The van der Waals surface area contributed by atoms with Gasteiger partial charge in [0.15, 0.2) is 0 Å². The number of carbonyl (C=O) groups is 1. The zero-order valence-corrected chi connectivity index (χ0v) is 12.6. The van der Waals surface area contributed by atoms with Crippen molar-refractivity contribution >= 4 is 15.7 Å². The minimum absolute atomic E-state index is 0.0785. The Morgan fingerprint density at radius 3 is 2.15 bits per heavy atom. The SMILES string of the molecule is CC(C)CN(CC(F)(F)F)C(=O)C(N)CCS(C)(=O)=O. The van der Waals surface area contributed by atoms with Crippen LogP contribution in [0.3, 0.4) is 0 Å². The Morgan fingerprint density at radius 2 is 1.80 bits per heavy atom. The lowest BCUT2D eigenvalue weighted by Gasteiger charge is -2.28. The molecule has 9 heteroatoms. The first kappa shape index (κ1) is 19.2. The van der Waals surface area contributed by atoms with Crippen molar-refractivity contribution in [1.29, 1.82) is 0 Å². The largest absolute Gasteiger partial charge is 0.406 e. The molecule has 0 saturated carbocycles. The van der Waals surface area contributed by atoms with E-state index in [1.54, 1.807) is 13.8 Å². The molecule has 5 nitrogen and oxygen atoms in total. The third-order valence-corrected chi connectivity index (χ3v) is 3.36. The molecule has 120 valence electrons. The average Bonchev–Trinajstić information content (AvgIpc) is 2.20. The zero-order chi connectivity index (χ0) is 16.1. The van der Waals surface area contributed by atoms with Gasteiger partial charge in [-0.1, -0.05) is 13.8 Å². The van der Waals surface area contributed by atoms with Gasteiger partial charge in [-0.05, 0) is 12.3 Å². The Balaban J connectivity index is 4.76. The molecular formula is C11H21F3N2O3S. The van der Waals surface area contributed by atoms with Gasteiger partial charge >= 0.3 is 6.18 Å². The van der Waals surface area contributed by atoms with Crippen LogP contribution in [-0.4, -0.2) is 56.5 Å². The summed E-state index contributed by atoms with van der Waals surface area (Å²) in [5.74, 6) is -1.36. The van der Waals surface area contributed by atoms with E-state index in [1.165, 1.54) is 0 Å². The second kappa shape index (κ2) is 7.26. The quantitative estimate of drug-likeness (QED) is 0.753. The van der Waals surface area contributed by atoms with Crippen molar-refractivity contribution in [3.63, 3.8) is 0 Å². The highest BCUT2D eigenvalue weighted by Gasteiger charge is 2.34. The van der Waals surface area contributed by atoms with Crippen LogP contribution < -0.4 is 5.73 Å². The van der Waals surface area contributed by atoms with E-state index >= 15 is 0 Å². The number of hydrogen-bond acceptors (Lipinski definition) is 4. The summed E-state index contributed by atoms with van der Waals surface area (Å²) >= 11 is 0. The van der Waals surface area contributed by atoms with Crippen molar-refractivity contribution in [2.75, 3.05) is 25.1 Å². The number of amides is 1. The smallest absolute Gasteiger partial charge is 0.332 e. The number of sulfone groups is 1. The number of hydrogen-bond donors (Lipinski definition) is 1. The van der Waals surface area contributed by atoms with E-state index in [0.29, 0.717) is 4.90 Å². The molecule has 0 aliphatic carbocycles. The van der Waals surface area contributed by atoms with Gasteiger partial charge in [0.2, 0.25) is 5.91 Å². The number of rotatable bonds is 7. The number of alkyl halides is 3. The Kier molecular flexibility index (Phi) is 6.96. The first-order valence-electron chi connectivity index (χ1n) is 6.10. The number of halogens is 3. The second-order valence-electron chi connectivity index (χ2n) is 5.25. The topological polar surface area (TPSA) is 80.5 Å². The summed E-state index contributed by atoms with van der Waals surface area (Å²) in [6, 6.07) is -1.24. The first-order chi connectivity index (χ1) is 8.82. The summed E-state index contributed by atoms with van der Waals surface area (Å²) in [6.45, 7) is 1.90. The molecule has 0 radical (unpaired) electrons. The van der Waals surface area contributed by atoms with Crippen LogP contribution in [0.25, 0.3) is 0 Å². The summed E-state index contributed by atoms with van der Waals surface area (Å²) < 4.78 is 59.2. The van der Waals surface area contributed by atoms with Gasteiger partial charge in [-0.15, -0.1) is 0 Å². The van der Waals surface area contributed by atoms with Gasteiger partial charge < -0.3 is 10.6 Å². The molecule has 0 aliphatic heterocycles. The molecule has 2 N–H and O–H groups in total. The lowest BCUT2D eigenvalue weighted by molar-refractivity contribution is -0.163. The zero-order valence-electron chi connectivity index (χ0n) is 11.8. The van der Waals surface area contributed by atoms with Gasteiger partial charge in [0.25, 0.3) is 0 Å². The van der Waals surface area contributed by atoms with Gasteiger partial charge in [0, 0.05) is 12.8 Å². The first-order valence-corrected chi connectivity index (χ1v) is 8.16. The molecule has 1 amide bonds. The molecule has 0 aromatic rings.